The predicted octanol–water partition coefficient (Wildman–Crippen LogP) is 0.375. The van der Waals surface area contributed by atoms with Crippen LogP contribution in [-0.4, -0.2) is 45.9 Å². The molecule has 0 aliphatic carbocycles. The van der Waals surface area contributed by atoms with Gasteiger partial charge in [-0.25, -0.2) is 8.42 Å². The molecule has 7 nitrogen and oxygen atoms in total. The largest absolute Gasteiger partial charge is 0.366 e. The Labute approximate surface area is 124 Å². The van der Waals surface area contributed by atoms with Gasteiger partial charge in [0.25, 0.3) is 5.91 Å². The number of ether oxygens (including phenoxy) is 1. The van der Waals surface area contributed by atoms with E-state index in [1.807, 2.05) is 0 Å². The summed E-state index contributed by atoms with van der Waals surface area (Å²) in [6.07, 6.45) is -0.503. The quantitative estimate of drug-likeness (QED) is 0.730. The molecule has 0 bridgehead atoms. The van der Waals surface area contributed by atoms with E-state index in [0.717, 1.165) is 6.54 Å². The van der Waals surface area contributed by atoms with Crippen LogP contribution in [0.4, 0.5) is 11.4 Å². The highest BCUT2D eigenvalue weighted by Crippen LogP contribution is 2.15. The van der Waals surface area contributed by atoms with Crippen LogP contribution in [-0.2, 0) is 19.6 Å². The number of nitrogens with one attached hydrogen (secondary N) is 3. The Morgan fingerprint density at radius 3 is 2.57 bits per heavy atom. The molecule has 8 heteroatoms. The van der Waals surface area contributed by atoms with Crippen molar-refractivity contribution in [2.24, 2.45) is 0 Å². The number of carbonyl (C=O) groups is 1. The molecule has 1 atom stereocenters. The highest BCUT2D eigenvalue weighted by molar-refractivity contribution is 7.92. The zero-order chi connectivity index (χ0) is 15.3. The summed E-state index contributed by atoms with van der Waals surface area (Å²) < 4.78 is 30.7. The SMILES string of the molecule is CCS(=O)(=O)Nc1ccc(NC(=O)C2CNCCO2)cc1. The maximum absolute atomic E-state index is 11.9. The fourth-order valence-corrected chi connectivity index (χ4v) is 2.47. The van der Waals surface area contributed by atoms with E-state index >= 15 is 0 Å². The second-order valence-electron chi connectivity index (χ2n) is 4.64. The average Bonchev–Trinajstić information content (AvgIpc) is 2.50. The van der Waals surface area contributed by atoms with Gasteiger partial charge in [-0.2, -0.15) is 0 Å². The van der Waals surface area contributed by atoms with E-state index < -0.39 is 16.1 Å². The van der Waals surface area contributed by atoms with Gasteiger partial charge in [-0.05, 0) is 31.2 Å². The van der Waals surface area contributed by atoms with Crippen molar-refractivity contribution in [1.82, 2.24) is 5.32 Å². The molecular formula is C13H19N3O4S. The van der Waals surface area contributed by atoms with Crippen LogP contribution in [0.1, 0.15) is 6.92 Å². The number of carbonyl (C=O) groups excluding carboxylic acids is 1. The van der Waals surface area contributed by atoms with Gasteiger partial charge in [0.1, 0.15) is 6.10 Å². The highest BCUT2D eigenvalue weighted by Gasteiger charge is 2.21. The van der Waals surface area contributed by atoms with Crippen LogP contribution in [0.2, 0.25) is 0 Å². The summed E-state index contributed by atoms with van der Waals surface area (Å²) in [6.45, 7) is 3.31. The predicted molar refractivity (Wildman–Crippen MR) is 80.8 cm³/mol. The molecule has 21 heavy (non-hydrogen) atoms. The van der Waals surface area contributed by atoms with Gasteiger partial charge in [0.2, 0.25) is 10.0 Å². The second kappa shape index (κ2) is 6.88. The summed E-state index contributed by atoms with van der Waals surface area (Å²) in [4.78, 5) is 11.9. The second-order valence-corrected chi connectivity index (χ2v) is 6.65. The lowest BCUT2D eigenvalue weighted by atomic mass is 10.2. The minimum absolute atomic E-state index is 0.0114. The summed E-state index contributed by atoms with van der Waals surface area (Å²) in [5, 5.41) is 5.81. The Hall–Kier alpha value is -1.64. The van der Waals surface area contributed by atoms with Gasteiger partial charge in [-0.15, -0.1) is 0 Å². The summed E-state index contributed by atoms with van der Waals surface area (Å²) >= 11 is 0. The van der Waals surface area contributed by atoms with E-state index in [9.17, 15) is 13.2 Å². The van der Waals surface area contributed by atoms with Crippen LogP contribution in [0.3, 0.4) is 0 Å². The Morgan fingerprint density at radius 2 is 2.00 bits per heavy atom. The molecule has 1 aliphatic rings. The van der Waals surface area contributed by atoms with Gasteiger partial charge < -0.3 is 15.4 Å². The van der Waals surface area contributed by atoms with Crippen molar-refractivity contribution in [3.05, 3.63) is 24.3 Å². The van der Waals surface area contributed by atoms with Gasteiger partial charge in [0, 0.05) is 24.5 Å². The van der Waals surface area contributed by atoms with Crippen molar-refractivity contribution in [3.63, 3.8) is 0 Å². The lowest BCUT2D eigenvalue weighted by molar-refractivity contribution is -0.128. The van der Waals surface area contributed by atoms with Crippen molar-refractivity contribution < 1.29 is 17.9 Å². The van der Waals surface area contributed by atoms with Gasteiger partial charge >= 0.3 is 0 Å². The van der Waals surface area contributed by atoms with E-state index in [2.05, 4.69) is 15.4 Å². The van der Waals surface area contributed by atoms with Gasteiger partial charge in [0.05, 0.1) is 12.4 Å². The minimum atomic E-state index is -3.29. The Kier molecular flexibility index (Phi) is 5.16. The van der Waals surface area contributed by atoms with Crippen LogP contribution in [0.5, 0.6) is 0 Å². The first kappa shape index (κ1) is 15.7. The molecule has 1 aromatic rings. The molecule has 1 saturated heterocycles. The molecule has 0 radical (unpaired) electrons. The van der Waals surface area contributed by atoms with E-state index in [1.54, 1.807) is 31.2 Å². The van der Waals surface area contributed by atoms with Crippen LogP contribution in [0.25, 0.3) is 0 Å². The van der Waals surface area contributed by atoms with Crippen LogP contribution < -0.4 is 15.4 Å². The summed E-state index contributed by atoms with van der Waals surface area (Å²) in [5.74, 6) is -0.207. The fraction of sp³-hybridized carbons (Fsp3) is 0.462. The Balaban J connectivity index is 1.94. The molecule has 0 spiro atoms. The highest BCUT2D eigenvalue weighted by atomic mass is 32.2. The molecule has 1 unspecified atom stereocenters. The zero-order valence-electron chi connectivity index (χ0n) is 11.8. The number of hydrogen-bond donors (Lipinski definition) is 3. The molecule has 116 valence electrons. The van der Waals surface area contributed by atoms with Gasteiger partial charge in [0.15, 0.2) is 0 Å². The monoisotopic (exact) mass is 313 g/mol. The third kappa shape index (κ3) is 4.69. The Morgan fingerprint density at radius 1 is 1.33 bits per heavy atom. The first-order chi connectivity index (χ1) is 10.00. The molecule has 1 aromatic carbocycles. The first-order valence-corrected chi connectivity index (χ1v) is 8.39. The maximum atomic E-state index is 11.9. The zero-order valence-corrected chi connectivity index (χ0v) is 12.6. The molecule has 0 saturated carbocycles. The third-order valence-corrected chi connectivity index (χ3v) is 4.33. The minimum Gasteiger partial charge on any atom is -0.366 e. The number of amides is 1. The maximum Gasteiger partial charge on any atom is 0.254 e. The average molecular weight is 313 g/mol. The summed E-state index contributed by atoms with van der Waals surface area (Å²) in [5.41, 5.74) is 1.05. The van der Waals surface area contributed by atoms with Crippen molar-refractivity contribution in [2.75, 3.05) is 35.5 Å². The number of anilines is 2. The van der Waals surface area contributed by atoms with Gasteiger partial charge in [-0.1, -0.05) is 0 Å². The van der Waals surface area contributed by atoms with E-state index in [-0.39, 0.29) is 11.7 Å². The van der Waals surface area contributed by atoms with Crippen molar-refractivity contribution in [1.29, 1.82) is 0 Å². The standard InChI is InChI=1S/C13H19N3O4S/c1-2-21(18,19)16-11-5-3-10(4-6-11)15-13(17)12-9-14-7-8-20-12/h3-6,12,14,16H,2,7-9H2,1H3,(H,15,17). The van der Waals surface area contributed by atoms with E-state index in [0.29, 0.717) is 24.5 Å². The lowest BCUT2D eigenvalue weighted by Gasteiger charge is -2.22. The van der Waals surface area contributed by atoms with Gasteiger partial charge in [-0.3, -0.25) is 9.52 Å². The summed E-state index contributed by atoms with van der Waals surface area (Å²) in [7, 11) is -3.29. The lowest BCUT2D eigenvalue weighted by Crippen LogP contribution is -2.45. The molecule has 2 rings (SSSR count). The van der Waals surface area contributed by atoms with Crippen molar-refractivity contribution in [2.45, 2.75) is 13.0 Å². The van der Waals surface area contributed by atoms with Crippen LogP contribution in [0, 0.1) is 0 Å². The normalized spacial score (nSPS) is 19.0. The molecule has 1 fully saturated rings. The van der Waals surface area contributed by atoms with Crippen LogP contribution in [0.15, 0.2) is 24.3 Å². The Bertz CT molecular complexity index is 580. The van der Waals surface area contributed by atoms with E-state index in [4.69, 9.17) is 4.74 Å². The number of hydrogen-bond acceptors (Lipinski definition) is 5. The smallest absolute Gasteiger partial charge is 0.254 e. The molecule has 1 amide bonds. The van der Waals surface area contributed by atoms with Crippen molar-refractivity contribution in [3.8, 4) is 0 Å². The third-order valence-electron chi connectivity index (χ3n) is 3.03. The van der Waals surface area contributed by atoms with Crippen molar-refractivity contribution >= 4 is 27.3 Å². The number of rotatable bonds is 5. The molecule has 1 heterocycles. The summed E-state index contributed by atoms with van der Waals surface area (Å²) in [6, 6.07) is 6.48. The fourth-order valence-electron chi connectivity index (χ4n) is 1.83. The molecular weight excluding hydrogens is 294 g/mol. The number of morpholine rings is 1. The molecule has 0 aromatic heterocycles. The topological polar surface area (TPSA) is 96.5 Å². The first-order valence-electron chi connectivity index (χ1n) is 6.74. The molecule has 1 aliphatic heterocycles. The van der Waals surface area contributed by atoms with Crippen LogP contribution >= 0.6 is 0 Å². The number of sulfonamides is 1. The number of benzene rings is 1. The molecule has 3 N–H and O–H groups in total. The van der Waals surface area contributed by atoms with E-state index in [1.165, 1.54) is 0 Å².